The van der Waals surface area contributed by atoms with Crippen molar-refractivity contribution in [1.29, 1.82) is 0 Å². The van der Waals surface area contributed by atoms with E-state index in [9.17, 15) is 13.6 Å². The number of hydrogen-bond donors (Lipinski definition) is 2. The zero-order valence-corrected chi connectivity index (χ0v) is 13.4. The zero-order chi connectivity index (χ0) is 18.1. The van der Waals surface area contributed by atoms with Crippen LogP contribution in [0, 0.1) is 12.3 Å². The van der Waals surface area contributed by atoms with E-state index in [2.05, 4.69) is 21.3 Å². The molecule has 1 amide bonds. The average Bonchev–Trinajstić information content (AvgIpc) is 2.62. The number of hydrogen-bond acceptors (Lipinski definition) is 3. The lowest BCUT2D eigenvalue weighted by atomic mass is 9.98. The summed E-state index contributed by atoms with van der Waals surface area (Å²) >= 11 is 0. The molecule has 130 valence electrons. The van der Waals surface area contributed by atoms with E-state index < -0.39 is 6.61 Å². The molecule has 0 fully saturated rings. The molecule has 0 heterocycles. The number of ether oxygens (including phenoxy) is 1. The van der Waals surface area contributed by atoms with Crippen LogP contribution < -0.4 is 15.4 Å². The Morgan fingerprint density at radius 2 is 1.72 bits per heavy atom. The first kappa shape index (κ1) is 18.4. The molecule has 2 rings (SSSR count). The Bertz CT molecular complexity index is 712. The topological polar surface area (TPSA) is 50.4 Å². The van der Waals surface area contributed by atoms with Gasteiger partial charge in [-0.3, -0.25) is 10.1 Å². The highest BCUT2D eigenvalue weighted by Crippen LogP contribution is 2.24. The second kappa shape index (κ2) is 9.40. The maximum Gasteiger partial charge on any atom is 0.387 e. The van der Waals surface area contributed by atoms with Gasteiger partial charge in [0.1, 0.15) is 5.75 Å². The van der Waals surface area contributed by atoms with Gasteiger partial charge in [-0.15, -0.1) is 6.42 Å². The van der Waals surface area contributed by atoms with Crippen molar-refractivity contribution in [3.63, 3.8) is 0 Å². The fourth-order valence-corrected chi connectivity index (χ4v) is 2.32. The highest BCUT2D eigenvalue weighted by Gasteiger charge is 2.15. The summed E-state index contributed by atoms with van der Waals surface area (Å²) in [6.07, 6.45) is 5.11. The van der Waals surface area contributed by atoms with Gasteiger partial charge in [0, 0.05) is 0 Å². The van der Waals surface area contributed by atoms with Gasteiger partial charge in [0.25, 0.3) is 0 Å². The summed E-state index contributed by atoms with van der Waals surface area (Å²) in [5.41, 5.74) is 1.76. The normalized spacial score (nSPS) is 11.6. The first-order valence-corrected chi connectivity index (χ1v) is 7.63. The van der Waals surface area contributed by atoms with Crippen LogP contribution in [-0.4, -0.2) is 25.6 Å². The van der Waals surface area contributed by atoms with Crippen LogP contribution in [0.4, 0.5) is 8.78 Å². The van der Waals surface area contributed by atoms with Crippen LogP contribution in [0.3, 0.4) is 0 Å². The Morgan fingerprint density at radius 3 is 2.32 bits per heavy atom. The predicted octanol–water partition coefficient (Wildman–Crippen LogP) is 2.72. The molecule has 0 aromatic heterocycles. The van der Waals surface area contributed by atoms with Crippen LogP contribution in [0.25, 0.3) is 0 Å². The monoisotopic (exact) mass is 344 g/mol. The van der Waals surface area contributed by atoms with Crippen LogP contribution in [0.2, 0.25) is 0 Å². The van der Waals surface area contributed by atoms with Gasteiger partial charge in [-0.2, -0.15) is 8.78 Å². The van der Waals surface area contributed by atoms with Crippen LogP contribution in [0.15, 0.2) is 54.6 Å². The number of rotatable bonds is 8. The maximum absolute atomic E-state index is 12.3. The van der Waals surface area contributed by atoms with E-state index in [-0.39, 0.29) is 30.8 Å². The van der Waals surface area contributed by atoms with Crippen LogP contribution in [-0.2, 0) is 4.79 Å². The van der Waals surface area contributed by atoms with Gasteiger partial charge in [0.15, 0.2) is 0 Å². The SMILES string of the molecule is C#CCNC(=O)CN[C@H](c1ccccc1)c1ccc(OC(F)F)cc1. The van der Waals surface area contributed by atoms with Crippen molar-refractivity contribution >= 4 is 5.91 Å². The maximum atomic E-state index is 12.3. The van der Waals surface area contributed by atoms with Gasteiger partial charge >= 0.3 is 6.61 Å². The van der Waals surface area contributed by atoms with Gasteiger partial charge in [-0.05, 0) is 23.3 Å². The van der Waals surface area contributed by atoms with Crippen molar-refractivity contribution in [3.8, 4) is 18.1 Å². The van der Waals surface area contributed by atoms with Crippen molar-refractivity contribution < 1.29 is 18.3 Å². The van der Waals surface area contributed by atoms with E-state index in [1.165, 1.54) is 12.1 Å². The quantitative estimate of drug-likeness (QED) is 0.724. The first-order valence-electron chi connectivity index (χ1n) is 7.63. The Hall–Kier alpha value is -2.91. The van der Waals surface area contributed by atoms with Gasteiger partial charge < -0.3 is 10.1 Å². The number of benzene rings is 2. The molecule has 2 aromatic rings. The summed E-state index contributed by atoms with van der Waals surface area (Å²) in [7, 11) is 0. The molecule has 1 atom stereocenters. The summed E-state index contributed by atoms with van der Waals surface area (Å²) in [5.74, 6) is 2.19. The molecule has 0 aliphatic rings. The molecule has 25 heavy (non-hydrogen) atoms. The van der Waals surface area contributed by atoms with Crippen molar-refractivity contribution in [1.82, 2.24) is 10.6 Å². The lowest BCUT2D eigenvalue weighted by Crippen LogP contribution is -2.36. The molecule has 6 heteroatoms. The number of carbonyl (C=O) groups is 1. The standard InChI is InChI=1S/C19H18F2N2O2/c1-2-12-22-17(24)13-23-18(14-6-4-3-5-7-14)15-8-10-16(11-9-15)25-19(20)21/h1,3-11,18-19,23H,12-13H2,(H,22,24)/t18-/m1/s1. The minimum absolute atomic E-state index is 0.0660. The fraction of sp³-hybridized carbons (Fsp3) is 0.211. The largest absolute Gasteiger partial charge is 0.435 e. The second-order valence-electron chi connectivity index (χ2n) is 5.15. The molecule has 0 spiro atoms. The van der Waals surface area contributed by atoms with Crippen molar-refractivity contribution in [2.75, 3.05) is 13.1 Å². The lowest BCUT2D eigenvalue weighted by molar-refractivity contribution is -0.120. The highest BCUT2D eigenvalue weighted by atomic mass is 19.3. The zero-order valence-electron chi connectivity index (χ0n) is 13.4. The van der Waals surface area contributed by atoms with Crippen LogP contribution in [0.5, 0.6) is 5.75 Å². The summed E-state index contributed by atoms with van der Waals surface area (Å²) in [4.78, 5) is 11.8. The van der Waals surface area contributed by atoms with Gasteiger partial charge in [0.05, 0.1) is 19.1 Å². The predicted molar refractivity (Wildman–Crippen MR) is 91.2 cm³/mol. The molecule has 2 N–H and O–H groups in total. The fourth-order valence-electron chi connectivity index (χ4n) is 2.32. The summed E-state index contributed by atoms with van der Waals surface area (Å²) in [6, 6.07) is 15.5. The molecule has 0 radical (unpaired) electrons. The minimum Gasteiger partial charge on any atom is -0.435 e. The van der Waals surface area contributed by atoms with Crippen LogP contribution >= 0.6 is 0 Å². The average molecular weight is 344 g/mol. The molecular weight excluding hydrogens is 326 g/mol. The lowest BCUT2D eigenvalue weighted by Gasteiger charge is -2.20. The van der Waals surface area contributed by atoms with E-state index in [1.54, 1.807) is 12.1 Å². The van der Waals surface area contributed by atoms with E-state index in [0.29, 0.717) is 0 Å². The highest BCUT2D eigenvalue weighted by molar-refractivity contribution is 5.78. The molecule has 0 saturated carbocycles. The molecule has 4 nitrogen and oxygen atoms in total. The number of alkyl halides is 2. The van der Waals surface area contributed by atoms with Gasteiger partial charge in [-0.25, -0.2) is 0 Å². The summed E-state index contributed by atoms with van der Waals surface area (Å²) in [5, 5.41) is 5.73. The molecule has 0 saturated heterocycles. The number of halogens is 2. The molecule has 0 aliphatic carbocycles. The van der Waals surface area contributed by atoms with Crippen molar-refractivity contribution in [2.24, 2.45) is 0 Å². The third kappa shape index (κ3) is 5.90. The van der Waals surface area contributed by atoms with E-state index in [4.69, 9.17) is 6.42 Å². The van der Waals surface area contributed by atoms with E-state index >= 15 is 0 Å². The van der Waals surface area contributed by atoms with Crippen molar-refractivity contribution in [3.05, 3.63) is 65.7 Å². The number of nitrogens with one attached hydrogen (secondary N) is 2. The van der Waals surface area contributed by atoms with Gasteiger partial charge in [-0.1, -0.05) is 48.4 Å². The summed E-state index contributed by atoms with van der Waals surface area (Å²) in [6.45, 7) is -2.64. The molecular formula is C19H18F2N2O2. The van der Waals surface area contributed by atoms with Crippen LogP contribution in [0.1, 0.15) is 17.2 Å². The van der Waals surface area contributed by atoms with E-state index in [1.807, 2.05) is 30.3 Å². The Balaban J connectivity index is 2.14. The first-order chi connectivity index (χ1) is 12.1. The Kier molecular flexibility index (Phi) is 6.93. The number of carbonyl (C=O) groups excluding carboxylic acids is 1. The molecule has 0 aliphatic heterocycles. The number of amides is 1. The third-order valence-electron chi connectivity index (χ3n) is 3.43. The smallest absolute Gasteiger partial charge is 0.387 e. The van der Waals surface area contributed by atoms with Crippen molar-refractivity contribution in [2.45, 2.75) is 12.7 Å². The van der Waals surface area contributed by atoms with Gasteiger partial charge in [0.2, 0.25) is 5.91 Å². The minimum atomic E-state index is -2.87. The third-order valence-corrected chi connectivity index (χ3v) is 3.43. The number of terminal acetylenes is 1. The molecule has 0 unspecified atom stereocenters. The second-order valence-corrected chi connectivity index (χ2v) is 5.15. The Labute approximate surface area is 145 Å². The van der Waals surface area contributed by atoms with E-state index in [0.717, 1.165) is 11.1 Å². The molecule has 2 aromatic carbocycles. The Morgan fingerprint density at radius 1 is 1.08 bits per heavy atom. The molecule has 0 bridgehead atoms. The summed E-state index contributed by atoms with van der Waals surface area (Å²) < 4.78 is 28.9.